The van der Waals surface area contributed by atoms with Gasteiger partial charge in [0.1, 0.15) is 6.54 Å². The van der Waals surface area contributed by atoms with Crippen LogP contribution in [-0.4, -0.2) is 67.1 Å². The maximum Gasteiger partial charge on any atom is 0.306 e. The zero-order valence-electron chi connectivity index (χ0n) is 15.6. The number of unbranched alkanes of at least 4 members (excludes halogenated alkanes) is 2. The summed E-state index contributed by atoms with van der Waals surface area (Å²) in [6.07, 6.45) is 8.78. The van der Waals surface area contributed by atoms with Gasteiger partial charge in [0.25, 0.3) is 0 Å². The molecule has 24 heavy (non-hydrogen) atoms. The summed E-state index contributed by atoms with van der Waals surface area (Å²) in [5.41, 5.74) is 0. The van der Waals surface area contributed by atoms with E-state index in [2.05, 4.69) is 14.0 Å². The third-order valence-corrected chi connectivity index (χ3v) is 5.42. The van der Waals surface area contributed by atoms with E-state index < -0.39 is 0 Å². The number of esters is 1. The number of amides is 1. The summed E-state index contributed by atoms with van der Waals surface area (Å²) >= 11 is 0. The lowest BCUT2D eigenvalue weighted by Crippen LogP contribution is -2.54. The molecule has 0 aromatic carbocycles. The number of carbonyl (C=O) groups excluding carboxylic acids is 2. The maximum absolute atomic E-state index is 12.2. The van der Waals surface area contributed by atoms with Crippen LogP contribution in [-0.2, 0) is 14.3 Å². The van der Waals surface area contributed by atoms with Gasteiger partial charge in [-0.2, -0.15) is 0 Å². The monoisotopic (exact) mass is 339 g/mol. The summed E-state index contributed by atoms with van der Waals surface area (Å²) in [7, 11) is 2.27. The van der Waals surface area contributed by atoms with Crippen LogP contribution >= 0.6 is 0 Å². The van der Waals surface area contributed by atoms with Crippen LogP contribution in [0.4, 0.5) is 0 Å². The highest BCUT2D eigenvalue weighted by atomic mass is 16.5. The smallest absolute Gasteiger partial charge is 0.306 e. The molecule has 0 aromatic heterocycles. The number of hydrogen-bond acceptors (Lipinski definition) is 3. The SMILES string of the molecule is CCCCCC(=O)O[C@@H](CN1CCCC1=O)C[N+]1(C)CCCCC1. The minimum atomic E-state index is -0.163. The molecule has 2 fully saturated rings. The Morgan fingerprint density at radius 3 is 2.58 bits per heavy atom. The van der Waals surface area contributed by atoms with Crippen molar-refractivity contribution in [2.75, 3.05) is 39.8 Å². The zero-order valence-corrected chi connectivity index (χ0v) is 15.6. The fraction of sp³-hybridized carbons (Fsp3) is 0.895. The van der Waals surface area contributed by atoms with Gasteiger partial charge in [0.2, 0.25) is 5.91 Å². The normalized spacial score (nSPS) is 21.8. The second kappa shape index (κ2) is 9.40. The van der Waals surface area contributed by atoms with E-state index in [4.69, 9.17) is 4.74 Å². The van der Waals surface area contributed by atoms with Crippen molar-refractivity contribution in [2.24, 2.45) is 0 Å². The fourth-order valence-corrected chi connectivity index (χ4v) is 3.99. The Labute approximate surface area is 146 Å². The van der Waals surface area contributed by atoms with E-state index in [9.17, 15) is 9.59 Å². The molecule has 2 rings (SSSR count). The number of carbonyl (C=O) groups is 2. The van der Waals surface area contributed by atoms with E-state index in [1.807, 2.05) is 4.90 Å². The molecule has 138 valence electrons. The van der Waals surface area contributed by atoms with Crippen LogP contribution in [0.2, 0.25) is 0 Å². The van der Waals surface area contributed by atoms with Crippen LogP contribution in [0.1, 0.15) is 64.7 Å². The highest BCUT2D eigenvalue weighted by Crippen LogP contribution is 2.20. The lowest BCUT2D eigenvalue weighted by molar-refractivity contribution is -0.916. The van der Waals surface area contributed by atoms with E-state index in [-0.39, 0.29) is 18.0 Å². The molecule has 2 aliphatic heterocycles. The first-order chi connectivity index (χ1) is 11.5. The van der Waals surface area contributed by atoms with Gasteiger partial charge in [-0.1, -0.05) is 19.8 Å². The van der Waals surface area contributed by atoms with Crippen molar-refractivity contribution >= 4 is 11.9 Å². The average Bonchev–Trinajstić information content (AvgIpc) is 2.93. The average molecular weight is 340 g/mol. The standard InChI is InChI=1S/C19H35N2O3/c1-3-4-6-11-19(23)24-17(15-20-12-9-10-18(20)22)16-21(2)13-7-5-8-14-21/h17H,3-16H2,1-2H3/q+1/t17-/m0/s1. The van der Waals surface area contributed by atoms with E-state index in [0.29, 0.717) is 19.4 Å². The minimum Gasteiger partial charge on any atom is -0.454 e. The topological polar surface area (TPSA) is 46.6 Å². The Bertz CT molecular complexity index is 419. The van der Waals surface area contributed by atoms with Crippen molar-refractivity contribution < 1.29 is 18.8 Å². The molecular formula is C19H35N2O3+. The van der Waals surface area contributed by atoms with Crippen LogP contribution in [0.15, 0.2) is 0 Å². The Morgan fingerprint density at radius 2 is 1.96 bits per heavy atom. The van der Waals surface area contributed by atoms with Crippen LogP contribution in [0, 0.1) is 0 Å². The molecule has 0 aromatic rings. The number of hydrogen-bond donors (Lipinski definition) is 0. The lowest BCUT2D eigenvalue weighted by Gasteiger charge is -2.40. The molecule has 0 unspecified atom stereocenters. The lowest BCUT2D eigenvalue weighted by atomic mass is 10.1. The van der Waals surface area contributed by atoms with Gasteiger partial charge < -0.3 is 14.1 Å². The first kappa shape index (κ1) is 19.2. The minimum absolute atomic E-state index is 0.0938. The number of piperidine rings is 1. The summed E-state index contributed by atoms with van der Waals surface area (Å²) < 4.78 is 6.79. The largest absolute Gasteiger partial charge is 0.454 e. The Balaban J connectivity index is 1.92. The molecule has 0 spiro atoms. The molecule has 2 heterocycles. The zero-order chi connectivity index (χ0) is 17.4. The highest BCUT2D eigenvalue weighted by Gasteiger charge is 2.33. The van der Waals surface area contributed by atoms with Crippen LogP contribution in [0.25, 0.3) is 0 Å². The summed E-state index contributed by atoms with van der Waals surface area (Å²) in [5.74, 6) is 0.118. The molecule has 2 aliphatic rings. The molecular weight excluding hydrogens is 304 g/mol. The first-order valence-electron chi connectivity index (χ1n) is 9.83. The van der Waals surface area contributed by atoms with Gasteiger partial charge in [-0.25, -0.2) is 0 Å². The van der Waals surface area contributed by atoms with Crippen molar-refractivity contribution in [1.82, 2.24) is 4.90 Å². The number of nitrogens with zero attached hydrogens (tertiary/aromatic N) is 2. The van der Waals surface area contributed by atoms with Crippen molar-refractivity contribution in [3.05, 3.63) is 0 Å². The summed E-state index contributed by atoms with van der Waals surface area (Å²) in [6.45, 7) is 6.66. The number of quaternary nitrogens is 1. The van der Waals surface area contributed by atoms with Gasteiger partial charge in [0.15, 0.2) is 6.10 Å². The quantitative estimate of drug-likeness (QED) is 0.369. The summed E-state index contributed by atoms with van der Waals surface area (Å²) in [4.78, 5) is 26.0. The van der Waals surface area contributed by atoms with E-state index >= 15 is 0 Å². The molecule has 1 atom stereocenters. The molecule has 0 bridgehead atoms. The molecule has 5 heteroatoms. The maximum atomic E-state index is 12.2. The Kier molecular flexibility index (Phi) is 7.53. The van der Waals surface area contributed by atoms with Gasteiger partial charge in [0, 0.05) is 19.4 Å². The van der Waals surface area contributed by atoms with Crippen molar-refractivity contribution in [1.29, 1.82) is 0 Å². The molecule has 1 amide bonds. The summed E-state index contributed by atoms with van der Waals surface area (Å²) in [6, 6.07) is 0. The van der Waals surface area contributed by atoms with E-state index in [1.54, 1.807) is 0 Å². The highest BCUT2D eigenvalue weighted by molar-refractivity contribution is 5.78. The first-order valence-corrected chi connectivity index (χ1v) is 9.83. The Hall–Kier alpha value is -1.10. The second-order valence-electron chi connectivity index (χ2n) is 7.82. The van der Waals surface area contributed by atoms with Gasteiger partial charge in [-0.3, -0.25) is 9.59 Å². The fourth-order valence-electron chi connectivity index (χ4n) is 3.99. The Morgan fingerprint density at radius 1 is 1.21 bits per heavy atom. The molecule has 5 nitrogen and oxygen atoms in total. The van der Waals surface area contributed by atoms with Crippen molar-refractivity contribution in [3.8, 4) is 0 Å². The van der Waals surface area contributed by atoms with E-state index in [0.717, 1.165) is 56.3 Å². The third kappa shape index (κ3) is 6.08. The predicted octanol–water partition coefficient (Wildman–Crippen LogP) is 2.73. The van der Waals surface area contributed by atoms with Crippen LogP contribution in [0.5, 0.6) is 0 Å². The molecule has 0 aliphatic carbocycles. The van der Waals surface area contributed by atoms with Gasteiger partial charge in [0.05, 0.1) is 26.7 Å². The van der Waals surface area contributed by atoms with Crippen LogP contribution < -0.4 is 0 Å². The molecule has 0 saturated carbocycles. The van der Waals surface area contributed by atoms with Crippen molar-refractivity contribution in [3.63, 3.8) is 0 Å². The predicted molar refractivity (Wildman–Crippen MR) is 94.5 cm³/mol. The number of ether oxygens (including phenoxy) is 1. The van der Waals surface area contributed by atoms with Crippen LogP contribution in [0.3, 0.4) is 0 Å². The number of likely N-dealkylation sites (N-methyl/N-ethyl adjacent to an activating group) is 1. The third-order valence-electron chi connectivity index (χ3n) is 5.42. The molecule has 0 radical (unpaired) electrons. The summed E-state index contributed by atoms with van der Waals surface area (Å²) in [5, 5.41) is 0. The van der Waals surface area contributed by atoms with E-state index in [1.165, 1.54) is 19.3 Å². The second-order valence-corrected chi connectivity index (χ2v) is 7.82. The van der Waals surface area contributed by atoms with Gasteiger partial charge in [-0.15, -0.1) is 0 Å². The molecule has 2 saturated heterocycles. The van der Waals surface area contributed by atoms with Gasteiger partial charge in [-0.05, 0) is 32.1 Å². The van der Waals surface area contributed by atoms with Crippen molar-refractivity contribution in [2.45, 2.75) is 70.8 Å². The number of likely N-dealkylation sites (tertiary alicyclic amines) is 2. The molecule has 0 N–H and O–H groups in total. The van der Waals surface area contributed by atoms with Gasteiger partial charge >= 0.3 is 5.97 Å². The number of rotatable bonds is 9.